The molecule has 0 radical (unpaired) electrons. The van der Waals surface area contributed by atoms with E-state index in [1.54, 1.807) is 6.20 Å². The number of carbonyl (C=O) groups is 2. The average molecular weight is 358 g/mol. The first-order valence-electron chi connectivity index (χ1n) is 9.70. The van der Waals surface area contributed by atoms with Gasteiger partial charge in [-0.25, -0.2) is 0 Å². The van der Waals surface area contributed by atoms with Gasteiger partial charge in [-0.05, 0) is 57.7 Å². The number of carbonyl (C=O) groups excluding carboxylic acids is 2. The van der Waals surface area contributed by atoms with Crippen LogP contribution in [-0.4, -0.2) is 57.8 Å². The number of pyridine rings is 1. The molecule has 2 aliphatic heterocycles. The molecule has 6 nitrogen and oxygen atoms in total. The molecule has 142 valence electrons. The quantitative estimate of drug-likeness (QED) is 0.874. The maximum atomic E-state index is 12.5. The Hall–Kier alpha value is -1.95. The molecule has 1 aromatic heterocycles. The Morgan fingerprint density at radius 1 is 1.31 bits per heavy atom. The Kier molecular flexibility index (Phi) is 5.91. The Morgan fingerprint density at radius 3 is 2.88 bits per heavy atom. The molecule has 3 heterocycles. The minimum Gasteiger partial charge on any atom is -0.352 e. The predicted molar refractivity (Wildman–Crippen MR) is 100 cm³/mol. The van der Waals surface area contributed by atoms with Gasteiger partial charge < -0.3 is 10.2 Å². The fourth-order valence-electron chi connectivity index (χ4n) is 4.30. The SMILES string of the molecule is CC(C)NC(=O)CN1C(=O)CCC12CCCN(Cc1cccnc1)CC2. The molecule has 2 fully saturated rings. The summed E-state index contributed by atoms with van der Waals surface area (Å²) in [4.78, 5) is 33.2. The van der Waals surface area contributed by atoms with Gasteiger partial charge in [0.2, 0.25) is 11.8 Å². The van der Waals surface area contributed by atoms with Crippen molar-refractivity contribution in [1.29, 1.82) is 0 Å². The lowest BCUT2D eigenvalue weighted by Crippen LogP contribution is -2.51. The molecule has 26 heavy (non-hydrogen) atoms. The summed E-state index contributed by atoms with van der Waals surface area (Å²) in [5, 5.41) is 2.92. The number of rotatable bonds is 5. The Morgan fingerprint density at radius 2 is 2.15 bits per heavy atom. The standard InChI is InChI=1S/C20H30N4O2/c1-16(2)22-18(25)15-24-19(26)6-8-20(24)7-4-11-23(12-9-20)14-17-5-3-10-21-13-17/h3,5,10,13,16H,4,6-9,11-12,14-15H2,1-2H3,(H,22,25). The lowest BCUT2D eigenvalue weighted by molar-refractivity contribution is -0.137. The largest absolute Gasteiger partial charge is 0.352 e. The van der Waals surface area contributed by atoms with Crippen molar-refractivity contribution < 1.29 is 9.59 Å². The van der Waals surface area contributed by atoms with Crippen LogP contribution in [0, 0.1) is 0 Å². The van der Waals surface area contributed by atoms with Gasteiger partial charge in [-0.1, -0.05) is 6.07 Å². The number of likely N-dealkylation sites (tertiary alicyclic amines) is 2. The van der Waals surface area contributed by atoms with E-state index in [4.69, 9.17) is 0 Å². The summed E-state index contributed by atoms with van der Waals surface area (Å²) >= 11 is 0. The number of nitrogens with zero attached hydrogens (tertiary/aromatic N) is 3. The first kappa shape index (κ1) is 18.8. The molecule has 0 saturated carbocycles. The molecule has 2 aliphatic rings. The smallest absolute Gasteiger partial charge is 0.239 e. The monoisotopic (exact) mass is 358 g/mol. The van der Waals surface area contributed by atoms with Crippen molar-refractivity contribution in [1.82, 2.24) is 20.1 Å². The number of hydrogen-bond donors (Lipinski definition) is 1. The van der Waals surface area contributed by atoms with E-state index in [1.807, 2.05) is 31.0 Å². The van der Waals surface area contributed by atoms with Crippen molar-refractivity contribution in [3.8, 4) is 0 Å². The zero-order chi connectivity index (χ0) is 18.6. The molecule has 6 heteroatoms. The fourth-order valence-corrected chi connectivity index (χ4v) is 4.30. The van der Waals surface area contributed by atoms with Crippen LogP contribution in [0.5, 0.6) is 0 Å². The molecule has 1 atom stereocenters. The van der Waals surface area contributed by atoms with Crippen LogP contribution in [0.1, 0.15) is 51.5 Å². The average Bonchev–Trinajstić information content (AvgIpc) is 2.78. The lowest BCUT2D eigenvalue weighted by atomic mass is 9.87. The van der Waals surface area contributed by atoms with Gasteiger partial charge in [0.25, 0.3) is 0 Å². The van der Waals surface area contributed by atoms with Gasteiger partial charge in [0.05, 0.1) is 0 Å². The van der Waals surface area contributed by atoms with E-state index in [0.29, 0.717) is 6.42 Å². The molecule has 2 saturated heterocycles. The molecule has 1 aromatic rings. The van der Waals surface area contributed by atoms with Gasteiger partial charge >= 0.3 is 0 Å². The van der Waals surface area contributed by atoms with Gasteiger partial charge in [0, 0.05) is 43.5 Å². The van der Waals surface area contributed by atoms with Crippen LogP contribution in [0.2, 0.25) is 0 Å². The molecular formula is C20H30N4O2. The number of amides is 2. The third-order valence-electron chi connectivity index (χ3n) is 5.57. The first-order valence-corrected chi connectivity index (χ1v) is 9.70. The Bertz CT molecular complexity index is 634. The molecule has 0 aromatic carbocycles. The molecule has 1 spiro atoms. The van der Waals surface area contributed by atoms with Crippen molar-refractivity contribution in [3.63, 3.8) is 0 Å². The minimum atomic E-state index is -0.144. The second kappa shape index (κ2) is 8.16. The van der Waals surface area contributed by atoms with Crippen LogP contribution < -0.4 is 5.32 Å². The van der Waals surface area contributed by atoms with E-state index in [9.17, 15) is 9.59 Å². The minimum absolute atomic E-state index is 0.0499. The predicted octanol–water partition coefficient (Wildman–Crippen LogP) is 1.95. The fraction of sp³-hybridized carbons (Fsp3) is 0.650. The highest BCUT2D eigenvalue weighted by Crippen LogP contribution is 2.39. The molecule has 3 rings (SSSR count). The summed E-state index contributed by atoms with van der Waals surface area (Å²) in [5.41, 5.74) is 1.08. The second-order valence-electron chi connectivity index (χ2n) is 7.92. The number of aromatic nitrogens is 1. The maximum absolute atomic E-state index is 12.5. The molecule has 1 unspecified atom stereocenters. The summed E-state index contributed by atoms with van der Waals surface area (Å²) in [6, 6.07) is 4.18. The lowest BCUT2D eigenvalue weighted by Gasteiger charge is -2.38. The highest BCUT2D eigenvalue weighted by Gasteiger charge is 2.46. The molecular weight excluding hydrogens is 328 g/mol. The molecule has 2 amide bonds. The highest BCUT2D eigenvalue weighted by molar-refractivity contribution is 5.87. The van der Waals surface area contributed by atoms with Gasteiger partial charge in [-0.2, -0.15) is 0 Å². The summed E-state index contributed by atoms with van der Waals surface area (Å²) in [7, 11) is 0. The van der Waals surface area contributed by atoms with Crippen LogP contribution >= 0.6 is 0 Å². The number of hydrogen-bond acceptors (Lipinski definition) is 4. The highest BCUT2D eigenvalue weighted by atomic mass is 16.2. The third-order valence-corrected chi connectivity index (χ3v) is 5.57. The molecule has 1 N–H and O–H groups in total. The summed E-state index contributed by atoms with van der Waals surface area (Å²) < 4.78 is 0. The van der Waals surface area contributed by atoms with E-state index in [-0.39, 0.29) is 29.9 Å². The van der Waals surface area contributed by atoms with Crippen LogP contribution in [-0.2, 0) is 16.1 Å². The van der Waals surface area contributed by atoms with Crippen LogP contribution in [0.4, 0.5) is 0 Å². The first-order chi connectivity index (χ1) is 12.5. The third kappa shape index (κ3) is 4.41. The van der Waals surface area contributed by atoms with E-state index in [2.05, 4.69) is 21.3 Å². The topological polar surface area (TPSA) is 65.5 Å². The molecule has 0 bridgehead atoms. The van der Waals surface area contributed by atoms with Crippen molar-refractivity contribution in [3.05, 3.63) is 30.1 Å². The summed E-state index contributed by atoms with van der Waals surface area (Å²) in [5.74, 6) is 0.0794. The van der Waals surface area contributed by atoms with E-state index >= 15 is 0 Å². The van der Waals surface area contributed by atoms with Gasteiger partial charge in [0.1, 0.15) is 6.54 Å². The maximum Gasteiger partial charge on any atom is 0.239 e. The van der Waals surface area contributed by atoms with Crippen LogP contribution in [0.15, 0.2) is 24.5 Å². The Labute approximate surface area is 156 Å². The number of nitrogens with one attached hydrogen (secondary N) is 1. The van der Waals surface area contributed by atoms with Gasteiger partial charge in [0.15, 0.2) is 0 Å². The van der Waals surface area contributed by atoms with Crippen molar-refractivity contribution >= 4 is 11.8 Å². The van der Waals surface area contributed by atoms with E-state index < -0.39 is 0 Å². The van der Waals surface area contributed by atoms with Crippen LogP contribution in [0.25, 0.3) is 0 Å². The van der Waals surface area contributed by atoms with Crippen molar-refractivity contribution in [2.24, 2.45) is 0 Å². The van der Waals surface area contributed by atoms with Crippen molar-refractivity contribution in [2.45, 2.75) is 64.1 Å². The zero-order valence-electron chi connectivity index (χ0n) is 15.9. The van der Waals surface area contributed by atoms with E-state index in [1.165, 1.54) is 5.56 Å². The summed E-state index contributed by atoms with van der Waals surface area (Å²) in [6.45, 7) is 6.95. The Balaban J connectivity index is 1.64. The van der Waals surface area contributed by atoms with E-state index in [0.717, 1.165) is 45.3 Å². The van der Waals surface area contributed by atoms with Crippen LogP contribution in [0.3, 0.4) is 0 Å². The van der Waals surface area contributed by atoms with Gasteiger partial charge in [-0.15, -0.1) is 0 Å². The van der Waals surface area contributed by atoms with Gasteiger partial charge in [-0.3, -0.25) is 19.5 Å². The van der Waals surface area contributed by atoms with Crippen molar-refractivity contribution in [2.75, 3.05) is 19.6 Å². The zero-order valence-corrected chi connectivity index (χ0v) is 15.9. The second-order valence-corrected chi connectivity index (χ2v) is 7.92. The molecule has 0 aliphatic carbocycles. The summed E-state index contributed by atoms with van der Waals surface area (Å²) in [6.07, 6.45) is 8.13. The normalized spacial score (nSPS) is 24.3.